The second-order valence-corrected chi connectivity index (χ2v) is 8.49. The van der Waals surface area contributed by atoms with Crippen LogP contribution < -0.4 is 0 Å². The normalized spacial score (nSPS) is 29.2. The molecule has 1 N–H and O–H groups in total. The summed E-state index contributed by atoms with van der Waals surface area (Å²) in [6, 6.07) is 7.65. The predicted molar refractivity (Wildman–Crippen MR) is 103 cm³/mol. The van der Waals surface area contributed by atoms with E-state index >= 15 is 0 Å². The number of hydrogen-bond acceptors (Lipinski definition) is 1. The lowest BCUT2D eigenvalue weighted by molar-refractivity contribution is 0.0697. The van der Waals surface area contributed by atoms with E-state index in [-0.39, 0.29) is 0 Å². The molecule has 2 aliphatic rings. The van der Waals surface area contributed by atoms with Crippen molar-refractivity contribution in [1.29, 1.82) is 0 Å². The number of benzene rings is 1. The number of fused-ring (bicyclic) bond motifs is 1. The van der Waals surface area contributed by atoms with Crippen molar-refractivity contribution in [1.82, 2.24) is 0 Å². The molecule has 138 valence electrons. The molecule has 4 atom stereocenters. The van der Waals surface area contributed by atoms with E-state index in [0.717, 1.165) is 17.8 Å². The highest BCUT2D eigenvalue weighted by Crippen LogP contribution is 2.48. The minimum Gasteiger partial charge on any atom is -0.478 e. The van der Waals surface area contributed by atoms with Crippen molar-refractivity contribution < 1.29 is 9.90 Å². The molecule has 2 nitrogen and oxygen atoms in total. The van der Waals surface area contributed by atoms with Gasteiger partial charge in [0.1, 0.15) is 0 Å². The number of unbranched alkanes of at least 4 members (excludes halogenated alkanes) is 3. The van der Waals surface area contributed by atoms with E-state index in [1.807, 2.05) is 12.1 Å². The molecule has 0 radical (unpaired) electrons. The molecule has 0 aromatic heterocycles. The zero-order chi connectivity index (χ0) is 17.6. The van der Waals surface area contributed by atoms with Crippen molar-refractivity contribution in [2.24, 2.45) is 17.8 Å². The summed E-state index contributed by atoms with van der Waals surface area (Å²) in [6.07, 6.45) is 15.4. The van der Waals surface area contributed by atoms with Crippen LogP contribution in [0.1, 0.15) is 99.4 Å². The molecule has 1 aromatic carbocycles. The van der Waals surface area contributed by atoms with Crippen molar-refractivity contribution in [3.05, 3.63) is 35.4 Å². The molecule has 0 amide bonds. The number of carbonyl (C=O) groups is 1. The van der Waals surface area contributed by atoms with Crippen LogP contribution >= 0.6 is 0 Å². The fraction of sp³-hybridized carbons (Fsp3) is 0.696. The Hall–Kier alpha value is -1.31. The fourth-order valence-corrected chi connectivity index (χ4v) is 5.31. The Labute approximate surface area is 153 Å². The molecule has 0 saturated heterocycles. The number of rotatable bonds is 7. The summed E-state index contributed by atoms with van der Waals surface area (Å²) in [5.41, 5.74) is 1.76. The van der Waals surface area contributed by atoms with Gasteiger partial charge in [-0.25, -0.2) is 4.79 Å². The van der Waals surface area contributed by atoms with E-state index in [9.17, 15) is 4.79 Å². The third kappa shape index (κ3) is 4.86. The Morgan fingerprint density at radius 1 is 0.960 bits per heavy atom. The van der Waals surface area contributed by atoms with Crippen LogP contribution in [0.3, 0.4) is 0 Å². The monoisotopic (exact) mass is 342 g/mol. The van der Waals surface area contributed by atoms with Crippen molar-refractivity contribution in [2.75, 3.05) is 0 Å². The Balaban J connectivity index is 1.49. The molecule has 0 aliphatic heterocycles. The minimum absolute atomic E-state index is 0.404. The largest absolute Gasteiger partial charge is 0.478 e. The van der Waals surface area contributed by atoms with Crippen LogP contribution in [0.5, 0.6) is 0 Å². The summed E-state index contributed by atoms with van der Waals surface area (Å²) in [4.78, 5) is 11.0. The van der Waals surface area contributed by atoms with E-state index in [1.54, 1.807) is 12.1 Å². The molecule has 0 bridgehead atoms. The summed E-state index contributed by atoms with van der Waals surface area (Å²) in [7, 11) is 0. The topological polar surface area (TPSA) is 37.3 Å². The lowest BCUT2D eigenvalue weighted by Crippen LogP contribution is -2.30. The van der Waals surface area contributed by atoms with Crippen LogP contribution in [0.4, 0.5) is 0 Å². The lowest BCUT2D eigenvalue weighted by Gasteiger charge is -2.42. The summed E-state index contributed by atoms with van der Waals surface area (Å²) in [5.74, 6) is 2.67. The average molecular weight is 343 g/mol. The van der Waals surface area contributed by atoms with Gasteiger partial charge in [0.15, 0.2) is 0 Å². The SMILES string of the molecule is CCCCCCC1CCC2CC(c3ccc(C(=O)O)cc3)CCC2C1. The zero-order valence-electron chi connectivity index (χ0n) is 15.8. The van der Waals surface area contributed by atoms with Gasteiger partial charge in [0.2, 0.25) is 0 Å². The molecule has 0 heterocycles. The van der Waals surface area contributed by atoms with E-state index in [2.05, 4.69) is 6.92 Å². The van der Waals surface area contributed by atoms with E-state index in [4.69, 9.17) is 5.11 Å². The van der Waals surface area contributed by atoms with Crippen molar-refractivity contribution in [3.63, 3.8) is 0 Å². The van der Waals surface area contributed by atoms with Gasteiger partial charge in [0.25, 0.3) is 0 Å². The maximum atomic E-state index is 11.0. The number of carboxylic acids is 1. The van der Waals surface area contributed by atoms with Gasteiger partial charge in [-0.2, -0.15) is 0 Å². The third-order valence-corrected chi connectivity index (χ3v) is 6.82. The Morgan fingerprint density at radius 2 is 1.68 bits per heavy atom. The van der Waals surface area contributed by atoms with Crippen LogP contribution in [-0.4, -0.2) is 11.1 Å². The van der Waals surface area contributed by atoms with Crippen molar-refractivity contribution in [3.8, 4) is 0 Å². The average Bonchev–Trinajstić information content (AvgIpc) is 2.65. The third-order valence-electron chi connectivity index (χ3n) is 6.82. The standard InChI is InChI=1S/C23H34O2/c1-2-3-4-5-6-17-7-8-22-16-21(14-13-20(22)15-17)18-9-11-19(12-10-18)23(24)25/h9-12,17,20-22H,2-8,13-16H2,1H3,(H,24,25). The highest BCUT2D eigenvalue weighted by Gasteiger charge is 2.35. The molecular formula is C23H34O2. The maximum Gasteiger partial charge on any atom is 0.335 e. The first-order chi connectivity index (χ1) is 12.2. The van der Waals surface area contributed by atoms with Gasteiger partial charge >= 0.3 is 5.97 Å². The van der Waals surface area contributed by atoms with Gasteiger partial charge in [-0.05, 0) is 73.5 Å². The predicted octanol–water partition coefficient (Wildman–Crippen LogP) is 6.66. The Morgan fingerprint density at radius 3 is 2.40 bits per heavy atom. The van der Waals surface area contributed by atoms with Gasteiger partial charge in [0.05, 0.1) is 5.56 Å². The summed E-state index contributed by atoms with van der Waals surface area (Å²) in [5, 5.41) is 9.06. The van der Waals surface area contributed by atoms with Crippen LogP contribution in [0.15, 0.2) is 24.3 Å². The second-order valence-electron chi connectivity index (χ2n) is 8.49. The second kappa shape index (κ2) is 8.87. The highest BCUT2D eigenvalue weighted by atomic mass is 16.4. The van der Waals surface area contributed by atoms with Gasteiger partial charge < -0.3 is 5.11 Å². The summed E-state index contributed by atoms with van der Waals surface area (Å²) < 4.78 is 0. The maximum absolute atomic E-state index is 11.0. The van der Waals surface area contributed by atoms with Gasteiger partial charge in [0, 0.05) is 0 Å². The highest BCUT2D eigenvalue weighted by molar-refractivity contribution is 5.87. The molecule has 0 spiro atoms. The molecule has 3 rings (SSSR count). The molecule has 2 saturated carbocycles. The molecule has 25 heavy (non-hydrogen) atoms. The molecule has 2 fully saturated rings. The summed E-state index contributed by atoms with van der Waals surface area (Å²) >= 11 is 0. The van der Waals surface area contributed by atoms with Crippen molar-refractivity contribution >= 4 is 5.97 Å². The number of carboxylic acid groups (broad SMARTS) is 1. The molecule has 2 aliphatic carbocycles. The molecule has 4 unspecified atom stereocenters. The lowest BCUT2D eigenvalue weighted by atomic mass is 9.63. The first kappa shape index (κ1) is 18.5. The number of hydrogen-bond donors (Lipinski definition) is 1. The van der Waals surface area contributed by atoms with E-state index < -0.39 is 5.97 Å². The molecular weight excluding hydrogens is 308 g/mol. The van der Waals surface area contributed by atoms with E-state index in [0.29, 0.717) is 11.5 Å². The van der Waals surface area contributed by atoms with Gasteiger partial charge in [-0.15, -0.1) is 0 Å². The molecule has 2 heteroatoms. The van der Waals surface area contributed by atoms with Crippen LogP contribution in [0.25, 0.3) is 0 Å². The quantitative estimate of drug-likeness (QED) is 0.563. The Kier molecular flexibility index (Phi) is 6.56. The van der Waals surface area contributed by atoms with E-state index in [1.165, 1.54) is 76.2 Å². The first-order valence-corrected chi connectivity index (χ1v) is 10.5. The smallest absolute Gasteiger partial charge is 0.335 e. The van der Waals surface area contributed by atoms with Crippen LogP contribution in [0.2, 0.25) is 0 Å². The van der Waals surface area contributed by atoms with Gasteiger partial charge in [-0.3, -0.25) is 0 Å². The molecule has 1 aromatic rings. The number of aromatic carboxylic acids is 1. The van der Waals surface area contributed by atoms with Gasteiger partial charge in [-0.1, -0.05) is 57.6 Å². The van der Waals surface area contributed by atoms with Crippen molar-refractivity contribution in [2.45, 2.75) is 83.5 Å². The van der Waals surface area contributed by atoms with Crippen LogP contribution in [-0.2, 0) is 0 Å². The fourth-order valence-electron chi connectivity index (χ4n) is 5.31. The first-order valence-electron chi connectivity index (χ1n) is 10.5. The minimum atomic E-state index is -0.826. The summed E-state index contributed by atoms with van der Waals surface area (Å²) in [6.45, 7) is 2.29. The Bertz CT molecular complexity index is 548. The zero-order valence-corrected chi connectivity index (χ0v) is 15.8. The van der Waals surface area contributed by atoms with Crippen LogP contribution in [0, 0.1) is 17.8 Å².